The lowest BCUT2D eigenvalue weighted by Gasteiger charge is -2.18. The van der Waals surface area contributed by atoms with E-state index in [0.717, 1.165) is 24.4 Å². The standard InChI is InChI=1S/C16H26N2O/c1-12(2)18-11-15(14(4)9-16(18)19)6-8-17-7-5-13(3)10-17/h9,11-13H,5-8,10H2,1-4H3. The molecule has 1 atom stereocenters. The molecular formula is C16H26N2O. The first-order valence-corrected chi connectivity index (χ1v) is 7.41. The van der Waals surface area contributed by atoms with Gasteiger partial charge >= 0.3 is 0 Å². The first kappa shape index (κ1) is 14.3. The molecule has 0 bridgehead atoms. The highest BCUT2D eigenvalue weighted by Crippen LogP contribution is 2.16. The number of hydrogen-bond acceptors (Lipinski definition) is 2. The van der Waals surface area contributed by atoms with Gasteiger partial charge < -0.3 is 9.47 Å². The Bertz CT molecular complexity index is 490. The number of hydrogen-bond donors (Lipinski definition) is 0. The van der Waals surface area contributed by atoms with Crippen LogP contribution < -0.4 is 5.56 Å². The molecule has 0 N–H and O–H groups in total. The van der Waals surface area contributed by atoms with Gasteiger partial charge in [-0.2, -0.15) is 0 Å². The third-order valence-electron chi connectivity index (χ3n) is 4.16. The first-order chi connectivity index (χ1) is 8.97. The number of aromatic nitrogens is 1. The fourth-order valence-electron chi connectivity index (χ4n) is 2.86. The summed E-state index contributed by atoms with van der Waals surface area (Å²) in [6, 6.07) is 2.01. The Morgan fingerprint density at radius 1 is 1.42 bits per heavy atom. The first-order valence-electron chi connectivity index (χ1n) is 7.41. The van der Waals surface area contributed by atoms with Gasteiger partial charge in [-0.05, 0) is 57.2 Å². The zero-order valence-corrected chi connectivity index (χ0v) is 12.6. The summed E-state index contributed by atoms with van der Waals surface area (Å²) < 4.78 is 1.84. The molecule has 106 valence electrons. The van der Waals surface area contributed by atoms with E-state index in [0.29, 0.717) is 0 Å². The molecule has 0 saturated carbocycles. The Labute approximate surface area is 116 Å². The van der Waals surface area contributed by atoms with Crippen molar-refractivity contribution in [3.63, 3.8) is 0 Å². The van der Waals surface area contributed by atoms with Gasteiger partial charge in [-0.15, -0.1) is 0 Å². The molecule has 19 heavy (non-hydrogen) atoms. The highest BCUT2D eigenvalue weighted by molar-refractivity contribution is 5.23. The van der Waals surface area contributed by atoms with Gasteiger partial charge in [0.15, 0.2) is 0 Å². The smallest absolute Gasteiger partial charge is 0.251 e. The predicted molar refractivity (Wildman–Crippen MR) is 79.7 cm³/mol. The van der Waals surface area contributed by atoms with Gasteiger partial charge in [0.2, 0.25) is 0 Å². The van der Waals surface area contributed by atoms with Crippen LogP contribution in [0.15, 0.2) is 17.1 Å². The minimum atomic E-state index is 0.117. The number of nitrogens with zero attached hydrogens (tertiary/aromatic N) is 2. The topological polar surface area (TPSA) is 25.2 Å². The Morgan fingerprint density at radius 2 is 2.16 bits per heavy atom. The van der Waals surface area contributed by atoms with Gasteiger partial charge in [0, 0.05) is 31.4 Å². The van der Waals surface area contributed by atoms with Crippen molar-refractivity contribution >= 4 is 0 Å². The van der Waals surface area contributed by atoms with E-state index in [2.05, 4.69) is 31.9 Å². The number of aryl methyl sites for hydroxylation is 1. The van der Waals surface area contributed by atoms with Crippen molar-refractivity contribution in [2.24, 2.45) is 5.92 Å². The molecule has 1 saturated heterocycles. The lowest BCUT2D eigenvalue weighted by Crippen LogP contribution is -2.25. The lowest BCUT2D eigenvalue weighted by atomic mass is 10.1. The van der Waals surface area contributed by atoms with Crippen molar-refractivity contribution < 1.29 is 0 Å². The Kier molecular flexibility index (Phi) is 4.46. The Balaban J connectivity index is 2.07. The molecule has 1 fully saturated rings. The van der Waals surface area contributed by atoms with E-state index in [-0.39, 0.29) is 11.6 Å². The molecule has 3 heteroatoms. The number of rotatable bonds is 4. The third kappa shape index (κ3) is 3.47. The van der Waals surface area contributed by atoms with Crippen LogP contribution in [0.5, 0.6) is 0 Å². The third-order valence-corrected chi connectivity index (χ3v) is 4.16. The van der Waals surface area contributed by atoms with Crippen molar-refractivity contribution in [2.75, 3.05) is 19.6 Å². The summed E-state index contributed by atoms with van der Waals surface area (Å²) in [5.74, 6) is 0.839. The maximum absolute atomic E-state index is 11.9. The summed E-state index contributed by atoms with van der Waals surface area (Å²) in [6.07, 6.45) is 4.43. The second-order valence-electron chi connectivity index (χ2n) is 6.27. The van der Waals surface area contributed by atoms with Crippen LogP contribution in [0.2, 0.25) is 0 Å². The van der Waals surface area contributed by atoms with Gasteiger partial charge in [-0.3, -0.25) is 4.79 Å². The van der Waals surface area contributed by atoms with Crippen LogP contribution in [-0.4, -0.2) is 29.1 Å². The molecule has 1 aliphatic heterocycles. The summed E-state index contributed by atoms with van der Waals surface area (Å²) in [6.45, 7) is 12.1. The van der Waals surface area contributed by atoms with Crippen molar-refractivity contribution in [3.05, 3.63) is 33.7 Å². The van der Waals surface area contributed by atoms with Crippen molar-refractivity contribution in [3.8, 4) is 0 Å². The fraction of sp³-hybridized carbons (Fsp3) is 0.688. The summed E-state index contributed by atoms with van der Waals surface area (Å²) in [5.41, 5.74) is 2.56. The van der Waals surface area contributed by atoms with E-state index < -0.39 is 0 Å². The molecule has 2 heterocycles. The lowest BCUT2D eigenvalue weighted by molar-refractivity contribution is 0.331. The Hall–Kier alpha value is -1.09. The molecule has 1 aromatic rings. The zero-order valence-electron chi connectivity index (χ0n) is 12.6. The maximum atomic E-state index is 11.9. The van der Waals surface area contributed by atoms with E-state index >= 15 is 0 Å². The van der Waals surface area contributed by atoms with E-state index in [4.69, 9.17) is 0 Å². The summed E-state index contributed by atoms with van der Waals surface area (Å²) in [7, 11) is 0. The quantitative estimate of drug-likeness (QED) is 0.833. The number of likely N-dealkylation sites (tertiary alicyclic amines) is 1. The zero-order chi connectivity index (χ0) is 14.0. The normalized spacial score (nSPS) is 20.4. The average molecular weight is 262 g/mol. The molecule has 1 unspecified atom stereocenters. The maximum Gasteiger partial charge on any atom is 0.251 e. The van der Waals surface area contributed by atoms with Gasteiger partial charge in [0.25, 0.3) is 5.56 Å². The molecule has 0 aromatic carbocycles. The second kappa shape index (κ2) is 5.91. The second-order valence-corrected chi connectivity index (χ2v) is 6.27. The van der Waals surface area contributed by atoms with Gasteiger partial charge in [-0.25, -0.2) is 0 Å². The van der Waals surface area contributed by atoms with Crippen LogP contribution in [0, 0.1) is 12.8 Å². The van der Waals surface area contributed by atoms with Crippen molar-refractivity contribution in [1.82, 2.24) is 9.47 Å². The molecule has 2 rings (SSSR count). The van der Waals surface area contributed by atoms with Crippen LogP contribution in [0.4, 0.5) is 0 Å². The van der Waals surface area contributed by atoms with Gasteiger partial charge in [0.05, 0.1) is 0 Å². The SMILES string of the molecule is Cc1cc(=O)n(C(C)C)cc1CCN1CCC(C)C1. The highest BCUT2D eigenvalue weighted by Gasteiger charge is 2.18. The molecule has 1 aliphatic rings. The summed E-state index contributed by atoms with van der Waals surface area (Å²) >= 11 is 0. The van der Waals surface area contributed by atoms with E-state index in [1.54, 1.807) is 6.07 Å². The molecule has 0 spiro atoms. The van der Waals surface area contributed by atoms with Gasteiger partial charge in [-0.1, -0.05) is 6.92 Å². The Morgan fingerprint density at radius 3 is 2.74 bits per heavy atom. The van der Waals surface area contributed by atoms with Crippen LogP contribution in [-0.2, 0) is 6.42 Å². The fourth-order valence-corrected chi connectivity index (χ4v) is 2.86. The minimum Gasteiger partial charge on any atom is -0.313 e. The van der Waals surface area contributed by atoms with Crippen LogP contribution in [0.25, 0.3) is 0 Å². The summed E-state index contributed by atoms with van der Waals surface area (Å²) in [5, 5.41) is 0. The van der Waals surface area contributed by atoms with E-state index in [1.807, 2.05) is 11.5 Å². The van der Waals surface area contributed by atoms with E-state index in [9.17, 15) is 4.79 Å². The van der Waals surface area contributed by atoms with Gasteiger partial charge in [0.1, 0.15) is 0 Å². The number of pyridine rings is 1. The monoisotopic (exact) mass is 262 g/mol. The van der Waals surface area contributed by atoms with Crippen molar-refractivity contribution in [2.45, 2.75) is 46.6 Å². The molecule has 0 aliphatic carbocycles. The van der Waals surface area contributed by atoms with Crippen molar-refractivity contribution in [1.29, 1.82) is 0 Å². The molecule has 0 radical (unpaired) electrons. The molecular weight excluding hydrogens is 236 g/mol. The predicted octanol–water partition coefficient (Wildman–Crippen LogP) is 2.62. The molecule has 0 amide bonds. The highest BCUT2D eigenvalue weighted by atomic mass is 16.1. The van der Waals surface area contributed by atoms with Crippen LogP contribution in [0.1, 0.15) is 44.4 Å². The minimum absolute atomic E-state index is 0.117. The average Bonchev–Trinajstić information content (AvgIpc) is 2.73. The molecule has 3 nitrogen and oxygen atoms in total. The molecule has 1 aromatic heterocycles. The van der Waals surface area contributed by atoms with Crippen LogP contribution in [0.3, 0.4) is 0 Å². The van der Waals surface area contributed by atoms with Crippen LogP contribution >= 0.6 is 0 Å². The largest absolute Gasteiger partial charge is 0.313 e. The summed E-state index contributed by atoms with van der Waals surface area (Å²) in [4.78, 5) is 14.4. The van der Waals surface area contributed by atoms with E-state index in [1.165, 1.54) is 25.1 Å².